The Hall–Kier alpha value is -2.27. The van der Waals surface area contributed by atoms with Crippen LogP contribution in [0.15, 0.2) is 0 Å². The van der Waals surface area contributed by atoms with E-state index >= 15 is 0 Å². The third kappa shape index (κ3) is 6.47. The summed E-state index contributed by atoms with van der Waals surface area (Å²) < 4.78 is 5.73. The molecule has 3 fully saturated rings. The van der Waals surface area contributed by atoms with Gasteiger partial charge < -0.3 is 9.64 Å². The van der Waals surface area contributed by atoms with Crippen molar-refractivity contribution < 1.29 is 28.7 Å². The van der Waals surface area contributed by atoms with Crippen LogP contribution in [0, 0.1) is 5.41 Å². The second-order valence-corrected chi connectivity index (χ2v) is 18.8. The number of carbonyl (C=O) groups is 5. The van der Waals surface area contributed by atoms with E-state index in [1.807, 2.05) is 6.92 Å². The number of rotatable bonds is 11. The van der Waals surface area contributed by atoms with Gasteiger partial charge in [-0.2, -0.15) is 0 Å². The summed E-state index contributed by atoms with van der Waals surface area (Å²) in [5.41, 5.74) is -1.24. The van der Waals surface area contributed by atoms with Crippen LogP contribution in [0.25, 0.3) is 0 Å². The highest BCUT2D eigenvalue weighted by Crippen LogP contribution is 2.42. The molecule has 0 N–H and O–H groups in total. The first-order valence-corrected chi connectivity index (χ1v) is 17.7. The zero-order valence-corrected chi connectivity index (χ0v) is 25.3. The summed E-state index contributed by atoms with van der Waals surface area (Å²) in [5.74, 6) is -1.10. The van der Waals surface area contributed by atoms with E-state index < -0.39 is 31.5 Å². The lowest BCUT2D eigenvalue weighted by molar-refractivity contribution is -0.145. The molecular formula is C27H46N4O6Si. The van der Waals surface area contributed by atoms with E-state index in [0.29, 0.717) is 51.8 Å². The molecule has 0 aromatic heterocycles. The number of hydrogen-bond acceptors (Lipinski definition) is 6. The van der Waals surface area contributed by atoms with Crippen LogP contribution in [0.4, 0.5) is 9.59 Å². The molecule has 7 amide bonds. The fourth-order valence-electron chi connectivity index (χ4n) is 5.48. The van der Waals surface area contributed by atoms with Crippen molar-refractivity contribution in [2.45, 2.75) is 110 Å². The Morgan fingerprint density at radius 1 is 0.921 bits per heavy atom. The Balaban J connectivity index is 1.62. The second kappa shape index (κ2) is 11.5. The van der Waals surface area contributed by atoms with Crippen molar-refractivity contribution >= 4 is 37.9 Å². The highest BCUT2D eigenvalue weighted by atomic mass is 28.3. The van der Waals surface area contributed by atoms with E-state index in [-0.39, 0.29) is 36.5 Å². The molecule has 2 aliphatic heterocycles. The third-order valence-electron chi connectivity index (χ3n) is 8.23. The highest BCUT2D eigenvalue weighted by molar-refractivity contribution is 6.76. The van der Waals surface area contributed by atoms with Crippen molar-refractivity contribution in [1.82, 2.24) is 19.6 Å². The predicted octanol–water partition coefficient (Wildman–Crippen LogP) is 4.27. The van der Waals surface area contributed by atoms with Crippen molar-refractivity contribution in [3.63, 3.8) is 0 Å². The molecule has 2 heterocycles. The van der Waals surface area contributed by atoms with Gasteiger partial charge in [0.15, 0.2) is 0 Å². The number of carbonyl (C=O) groups excluding carboxylic acids is 5. The number of ether oxygens (including phenoxy) is 1. The lowest BCUT2D eigenvalue weighted by atomic mass is 9.72. The van der Waals surface area contributed by atoms with Crippen LogP contribution in [0.2, 0.25) is 25.7 Å². The number of urea groups is 2. The largest absolute Gasteiger partial charge is 0.361 e. The molecule has 3 aliphatic rings. The maximum Gasteiger partial charge on any atom is 0.333 e. The molecular weight excluding hydrogens is 504 g/mol. The van der Waals surface area contributed by atoms with Gasteiger partial charge in [-0.05, 0) is 57.4 Å². The predicted molar refractivity (Wildman–Crippen MR) is 146 cm³/mol. The fraction of sp³-hybridized carbons (Fsp3) is 0.815. The van der Waals surface area contributed by atoms with Gasteiger partial charge in [0.05, 0.1) is 0 Å². The average Bonchev–Trinajstić information content (AvgIpc) is 2.96. The topological polar surface area (TPSA) is 108 Å². The molecule has 1 saturated carbocycles. The van der Waals surface area contributed by atoms with Gasteiger partial charge in [0, 0.05) is 33.8 Å². The minimum Gasteiger partial charge on any atom is -0.361 e. The van der Waals surface area contributed by atoms with Crippen LogP contribution in [0.5, 0.6) is 0 Å². The van der Waals surface area contributed by atoms with Gasteiger partial charge in [0.1, 0.15) is 18.7 Å². The van der Waals surface area contributed by atoms with Crippen LogP contribution < -0.4 is 0 Å². The SMILES string of the molecule is CCCCN1C(=O)CC(=O)N(C2CCC(C)(CN3C(=O)N(COCC[Si](C)(C)C)C(=O)C3(C)C)CC2)C1=O. The Morgan fingerprint density at radius 3 is 2.13 bits per heavy atom. The van der Waals surface area contributed by atoms with Crippen molar-refractivity contribution in [3.8, 4) is 0 Å². The Labute approximate surface area is 228 Å². The van der Waals surface area contributed by atoms with Crippen LogP contribution >= 0.6 is 0 Å². The average molecular weight is 551 g/mol. The number of barbiturate groups is 1. The van der Waals surface area contributed by atoms with Crippen LogP contribution in [-0.4, -0.2) is 95.5 Å². The highest BCUT2D eigenvalue weighted by Gasteiger charge is 2.53. The molecule has 214 valence electrons. The van der Waals surface area contributed by atoms with Gasteiger partial charge in [-0.15, -0.1) is 0 Å². The van der Waals surface area contributed by atoms with E-state index in [2.05, 4.69) is 26.6 Å². The molecule has 1 aliphatic carbocycles. The Bertz CT molecular complexity index is 954. The molecule has 3 rings (SSSR count). The minimum absolute atomic E-state index is 0.0344. The zero-order chi connectivity index (χ0) is 28.5. The Morgan fingerprint density at radius 2 is 1.55 bits per heavy atom. The summed E-state index contributed by atoms with van der Waals surface area (Å²) in [6.45, 7) is 15.6. The van der Waals surface area contributed by atoms with Crippen LogP contribution in [0.1, 0.15) is 72.6 Å². The maximum absolute atomic E-state index is 13.3. The fourth-order valence-corrected chi connectivity index (χ4v) is 6.23. The lowest BCUT2D eigenvalue weighted by Crippen LogP contribution is -2.59. The summed E-state index contributed by atoms with van der Waals surface area (Å²) >= 11 is 0. The molecule has 0 aromatic carbocycles. The summed E-state index contributed by atoms with van der Waals surface area (Å²) in [5, 5.41) is 0. The third-order valence-corrected chi connectivity index (χ3v) is 9.94. The molecule has 10 nitrogen and oxygen atoms in total. The van der Waals surface area contributed by atoms with E-state index in [1.165, 1.54) is 14.7 Å². The minimum atomic E-state index is -1.28. The molecule has 0 aromatic rings. The monoisotopic (exact) mass is 550 g/mol. The van der Waals surface area contributed by atoms with Crippen LogP contribution in [0.3, 0.4) is 0 Å². The Kier molecular flexibility index (Phi) is 9.12. The summed E-state index contributed by atoms with van der Waals surface area (Å²) in [4.78, 5) is 69.9. The van der Waals surface area contributed by atoms with Gasteiger partial charge >= 0.3 is 12.1 Å². The number of imide groups is 3. The first kappa shape index (κ1) is 30.3. The number of unbranched alkanes of at least 4 members (excludes halogenated alkanes) is 1. The van der Waals surface area contributed by atoms with Crippen LogP contribution in [-0.2, 0) is 19.1 Å². The lowest BCUT2D eigenvalue weighted by Gasteiger charge is -2.45. The van der Waals surface area contributed by atoms with Gasteiger partial charge in [0.25, 0.3) is 5.91 Å². The summed E-state index contributed by atoms with van der Waals surface area (Å²) in [6.07, 6.45) is 3.88. The molecule has 0 spiro atoms. The van der Waals surface area contributed by atoms with Crippen molar-refractivity contribution in [2.24, 2.45) is 5.41 Å². The molecule has 0 bridgehead atoms. The van der Waals surface area contributed by atoms with Gasteiger partial charge in [-0.25, -0.2) is 14.5 Å². The van der Waals surface area contributed by atoms with Gasteiger partial charge in [0.2, 0.25) is 11.8 Å². The summed E-state index contributed by atoms with van der Waals surface area (Å²) in [7, 11) is -1.28. The van der Waals surface area contributed by atoms with E-state index in [1.54, 1.807) is 18.7 Å². The molecule has 11 heteroatoms. The quantitative estimate of drug-likeness (QED) is 0.165. The van der Waals surface area contributed by atoms with E-state index in [0.717, 1.165) is 12.5 Å². The normalized spacial score (nSPS) is 26.7. The zero-order valence-electron chi connectivity index (χ0n) is 24.3. The molecule has 38 heavy (non-hydrogen) atoms. The summed E-state index contributed by atoms with van der Waals surface area (Å²) in [6, 6.07) is -0.134. The maximum atomic E-state index is 13.3. The number of hydrogen-bond donors (Lipinski definition) is 0. The molecule has 0 atom stereocenters. The van der Waals surface area contributed by atoms with Crippen molar-refractivity contribution in [3.05, 3.63) is 0 Å². The molecule has 2 saturated heterocycles. The van der Waals surface area contributed by atoms with Gasteiger partial charge in [-0.1, -0.05) is 39.9 Å². The smallest absolute Gasteiger partial charge is 0.333 e. The van der Waals surface area contributed by atoms with Crippen molar-refractivity contribution in [1.29, 1.82) is 0 Å². The van der Waals surface area contributed by atoms with Gasteiger partial charge in [-0.3, -0.25) is 24.2 Å². The number of amides is 7. The first-order valence-electron chi connectivity index (χ1n) is 14.0. The molecule has 0 radical (unpaired) electrons. The standard InChI is InChI=1S/C27H46N4O6Si/c1-8-9-14-28-21(32)17-22(33)31(25(28)36)20-10-12-27(4,13-11-20)18-30-24(35)29(23(34)26(30,2)3)19-37-15-16-38(5,6)7/h20H,8-19H2,1-7H3. The number of nitrogens with zero attached hydrogens (tertiary/aromatic N) is 4. The van der Waals surface area contributed by atoms with E-state index in [4.69, 9.17) is 4.74 Å². The first-order chi connectivity index (χ1) is 17.6. The second-order valence-electron chi connectivity index (χ2n) is 13.2. The molecule has 0 unspecified atom stereocenters. The van der Waals surface area contributed by atoms with E-state index in [9.17, 15) is 24.0 Å². The van der Waals surface area contributed by atoms with Crippen molar-refractivity contribution in [2.75, 3.05) is 26.4 Å².